The highest BCUT2D eigenvalue weighted by Gasteiger charge is 2.33. The molecule has 3 atom stereocenters. The number of carbonyl (C=O) groups is 6. The van der Waals surface area contributed by atoms with Gasteiger partial charge in [-0.3, -0.25) is 33.7 Å². The third kappa shape index (κ3) is 9.02. The SMILES string of the molecule is CC(=O)N[C@@H]1[C@@H](N)CC(C(C)=O)=C[C@H]1OCCCCC(=O)CCCC(=O)Cc1ccc(C(=O)N2CCC2=O)cc1. The monoisotopic (exact) mass is 553 g/mol. The molecule has 1 fully saturated rings. The Labute approximate surface area is 234 Å². The van der Waals surface area contributed by atoms with Gasteiger partial charge in [-0.05, 0) is 62.0 Å². The van der Waals surface area contributed by atoms with E-state index >= 15 is 0 Å². The van der Waals surface area contributed by atoms with Crippen LogP contribution in [0.5, 0.6) is 0 Å². The van der Waals surface area contributed by atoms with Crippen LogP contribution >= 0.6 is 0 Å². The number of β-lactam (4-membered cyclic amide) rings is 1. The maximum atomic E-state index is 12.3. The van der Waals surface area contributed by atoms with E-state index in [9.17, 15) is 28.8 Å². The van der Waals surface area contributed by atoms with Gasteiger partial charge in [0.15, 0.2) is 5.78 Å². The van der Waals surface area contributed by atoms with Crippen LogP contribution < -0.4 is 11.1 Å². The summed E-state index contributed by atoms with van der Waals surface area (Å²) in [5.74, 6) is -0.661. The Morgan fingerprint density at radius 2 is 1.65 bits per heavy atom. The van der Waals surface area contributed by atoms with Crippen LogP contribution in [0, 0.1) is 0 Å². The van der Waals surface area contributed by atoms with Crippen molar-refractivity contribution in [3.05, 3.63) is 47.0 Å². The summed E-state index contributed by atoms with van der Waals surface area (Å²) >= 11 is 0. The number of amides is 3. The highest BCUT2D eigenvalue weighted by atomic mass is 16.5. The zero-order valence-electron chi connectivity index (χ0n) is 23.3. The van der Waals surface area contributed by atoms with E-state index in [0.717, 1.165) is 5.56 Å². The first-order valence-corrected chi connectivity index (χ1v) is 13.9. The molecule has 3 amide bonds. The van der Waals surface area contributed by atoms with Gasteiger partial charge >= 0.3 is 0 Å². The predicted molar refractivity (Wildman–Crippen MR) is 147 cm³/mol. The molecule has 40 heavy (non-hydrogen) atoms. The fourth-order valence-electron chi connectivity index (χ4n) is 4.85. The molecular formula is C30H39N3O7. The normalized spacial score (nSPS) is 20.4. The number of hydrogen-bond donors (Lipinski definition) is 2. The number of carbonyl (C=O) groups excluding carboxylic acids is 6. The Balaban J connectivity index is 1.31. The van der Waals surface area contributed by atoms with Crippen molar-refractivity contribution in [2.24, 2.45) is 5.73 Å². The minimum absolute atomic E-state index is 0.0237. The van der Waals surface area contributed by atoms with E-state index in [1.807, 2.05) is 0 Å². The number of unbranched alkanes of at least 4 members (excludes halogenated alkanes) is 1. The maximum absolute atomic E-state index is 12.3. The first kappa shape index (κ1) is 31.0. The number of Topliss-reactive ketones (excluding diaryl/α,β-unsaturated/α-hetero) is 3. The van der Waals surface area contributed by atoms with E-state index in [1.165, 1.54) is 18.7 Å². The van der Waals surface area contributed by atoms with Crippen molar-refractivity contribution in [1.82, 2.24) is 10.2 Å². The zero-order chi connectivity index (χ0) is 29.2. The summed E-state index contributed by atoms with van der Waals surface area (Å²) in [4.78, 5) is 72.9. The first-order valence-electron chi connectivity index (χ1n) is 13.9. The number of likely N-dealkylation sites (tertiary alicyclic amines) is 1. The van der Waals surface area contributed by atoms with Gasteiger partial charge in [0.25, 0.3) is 5.91 Å². The molecule has 10 heteroatoms. The van der Waals surface area contributed by atoms with E-state index in [2.05, 4.69) is 5.32 Å². The molecule has 0 radical (unpaired) electrons. The van der Waals surface area contributed by atoms with Gasteiger partial charge in [-0.1, -0.05) is 12.1 Å². The van der Waals surface area contributed by atoms with Crippen LogP contribution in [0.15, 0.2) is 35.9 Å². The molecule has 3 N–H and O–H groups in total. The van der Waals surface area contributed by atoms with Crippen LogP contribution in [0.2, 0.25) is 0 Å². The summed E-state index contributed by atoms with van der Waals surface area (Å²) in [6, 6.07) is 5.86. The second kappa shape index (κ2) is 14.8. The van der Waals surface area contributed by atoms with Crippen molar-refractivity contribution >= 4 is 35.1 Å². The average molecular weight is 554 g/mol. The Morgan fingerprint density at radius 3 is 2.25 bits per heavy atom. The third-order valence-electron chi connectivity index (χ3n) is 7.23. The van der Waals surface area contributed by atoms with Crippen molar-refractivity contribution in [2.75, 3.05) is 13.2 Å². The van der Waals surface area contributed by atoms with E-state index in [1.54, 1.807) is 30.3 Å². The van der Waals surface area contributed by atoms with E-state index in [-0.39, 0.29) is 41.5 Å². The van der Waals surface area contributed by atoms with Crippen LogP contribution in [0.4, 0.5) is 0 Å². The van der Waals surface area contributed by atoms with Crippen molar-refractivity contribution < 1.29 is 33.5 Å². The minimum atomic E-state index is -0.505. The summed E-state index contributed by atoms with van der Waals surface area (Å²) in [5, 5.41) is 2.81. The number of nitrogens with zero attached hydrogens (tertiary/aromatic N) is 1. The molecule has 216 valence electrons. The molecule has 1 heterocycles. The highest BCUT2D eigenvalue weighted by molar-refractivity contribution is 6.07. The molecule has 1 aromatic carbocycles. The first-order chi connectivity index (χ1) is 19.0. The van der Waals surface area contributed by atoms with Crippen molar-refractivity contribution in [3.63, 3.8) is 0 Å². The topological polar surface area (TPSA) is 153 Å². The lowest BCUT2D eigenvalue weighted by molar-refractivity contribution is -0.136. The molecule has 1 aromatic rings. The molecule has 0 saturated carbocycles. The van der Waals surface area contributed by atoms with Gasteiger partial charge in [-0.25, -0.2) is 0 Å². The summed E-state index contributed by atoms with van der Waals surface area (Å²) in [5.41, 5.74) is 7.99. The van der Waals surface area contributed by atoms with E-state index in [4.69, 9.17) is 10.5 Å². The molecule has 1 saturated heterocycles. The van der Waals surface area contributed by atoms with Gasteiger partial charge in [-0.15, -0.1) is 0 Å². The number of nitrogens with one attached hydrogen (secondary N) is 1. The second-order valence-corrected chi connectivity index (χ2v) is 10.5. The lowest BCUT2D eigenvalue weighted by atomic mass is 9.87. The number of imide groups is 1. The van der Waals surface area contributed by atoms with Crippen molar-refractivity contribution in [1.29, 1.82) is 0 Å². The molecule has 1 aliphatic carbocycles. The number of ether oxygens (including phenoxy) is 1. The second-order valence-electron chi connectivity index (χ2n) is 10.5. The molecule has 1 aliphatic heterocycles. The third-order valence-corrected chi connectivity index (χ3v) is 7.23. The van der Waals surface area contributed by atoms with Gasteiger partial charge in [0, 0.05) is 63.8 Å². The van der Waals surface area contributed by atoms with Crippen LogP contribution in [-0.4, -0.2) is 71.3 Å². The number of hydrogen-bond acceptors (Lipinski definition) is 8. The van der Waals surface area contributed by atoms with E-state index in [0.29, 0.717) is 75.7 Å². The lowest BCUT2D eigenvalue weighted by Gasteiger charge is -2.35. The largest absolute Gasteiger partial charge is 0.372 e. The standard InChI is InChI=1S/C30H39N3O7/c1-19(34)23-17-26(31)29(32-20(2)35)27(18-23)40-15-4-3-6-24(36)7-5-8-25(37)16-21-9-11-22(12-10-21)30(39)33-14-13-28(33)38/h9-12,18,26-27,29H,3-8,13-17,31H2,1-2H3,(H,32,35)/t26-,27+,29+/m0/s1. The predicted octanol–water partition coefficient (Wildman–Crippen LogP) is 2.22. The molecule has 0 unspecified atom stereocenters. The van der Waals surface area contributed by atoms with Gasteiger partial charge < -0.3 is 15.8 Å². The van der Waals surface area contributed by atoms with Crippen molar-refractivity contribution in [2.45, 2.75) is 89.8 Å². The smallest absolute Gasteiger partial charge is 0.260 e. The van der Waals surface area contributed by atoms with Crippen LogP contribution in [0.1, 0.15) is 81.1 Å². The number of rotatable bonds is 15. The number of benzene rings is 1. The molecule has 2 aliphatic rings. The fourth-order valence-corrected chi connectivity index (χ4v) is 4.85. The quantitative estimate of drug-likeness (QED) is 0.190. The minimum Gasteiger partial charge on any atom is -0.372 e. The molecular weight excluding hydrogens is 514 g/mol. The number of nitrogens with two attached hydrogens (primary N) is 1. The zero-order valence-corrected chi connectivity index (χ0v) is 23.3. The summed E-state index contributed by atoms with van der Waals surface area (Å²) < 4.78 is 5.93. The van der Waals surface area contributed by atoms with Crippen LogP contribution in [-0.2, 0) is 35.1 Å². The van der Waals surface area contributed by atoms with Gasteiger partial charge in [0.2, 0.25) is 11.8 Å². The molecule has 0 spiro atoms. The molecule has 3 rings (SSSR count). The summed E-state index contributed by atoms with van der Waals surface area (Å²) in [6.45, 7) is 3.70. The Morgan fingerprint density at radius 1 is 0.975 bits per heavy atom. The fraction of sp³-hybridized carbons (Fsp3) is 0.533. The summed E-state index contributed by atoms with van der Waals surface area (Å²) in [7, 11) is 0. The lowest BCUT2D eigenvalue weighted by Crippen LogP contribution is -2.56. The number of ketones is 3. The van der Waals surface area contributed by atoms with Crippen LogP contribution in [0.25, 0.3) is 0 Å². The van der Waals surface area contributed by atoms with Gasteiger partial charge in [0.1, 0.15) is 11.6 Å². The Hall–Kier alpha value is -3.50. The molecule has 0 aromatic heterocycles. The van der Waals surface area contributed by atoms with Gasteiger partial charge in [0.05, 0.1) is 12.1 Å². The molecule has 10 nitrogen and oxygen atoms in total. The van der Waals surface area contributed by atoms with Gasteiger partial charge in [-0.2, -0.15) is 0 Å². The maximum Gasteiger partial charge on any atom is 0.260 e. The van der Waals surface area contributed by atoms with Crippen LogP contribution in [0.3, 0.4) is 0 Å². The Bertz CT molecular complexity index is 1160. The highest BCUT2D eigenvalue weighted by Crippen LogP contribution is 2.22. The summed E-state index contributed by atoms with van der Waals surface area (Å²) in [6.07, 6.45) is 5.01. The van der Waals surface area contributed by atoms with E-state index < -0.39 is 18.2 Å². The average Bonchev–Trinajstić information content (AvgIpc) is 2.89. The molecule has 0 bridgehead atoms. The Kier molecular flexibility index (Phi) is 11.5. The van der Waals surface area contributed by atoms with Crippen molar-refractivity contribution in [3.8, 4) is 0 Å².